The molecule has 0 atom stereocenters. The molecule has 0 radical (unpaired) electrons. The molecule has 0 saturated heterocycles. The summed E-state index contributed by atoms with van der Waals surface area (Å²) in [7, 11) is 0. The smallest absolute Gasteiger partial charge is 0.275 e. The largest absolute Gasteiger partial charge is 0.364 e. The molecule has 0 bridgehead atoms. The van der Waals surface area contributed by atoms with Crippen LogP contribution in [0.4, 0.5) is 5.13 Å². The quantitative estimate of drug-likeness (QED) is 0.409. The van der Waals surface area contributed by atoms with E-state index in [1.807, 2.05) is 31.4 Å². The topological polar surface area (TPSA) is 125 Å². The summed E-state index contributed by atoms with van der Waals surface area (Å²) in [5.74, 6) is -1.27. The van der Waals surface area contributed by atoms with Crippen LogP contribution in [0, 0.1) is 13.8 Å². The van der Waals surface area contributed by atoms with Gasteiger partial charge in [-0.25, -0.2) is 9.67 Å². The van der Waals surface area contributed by atoms with E-state index in [2.05, 4.69) is 26.5 Å². The molecule has 0 saturated carbocycles. The van der Waals surface area contributed by atoms with Crippen molar-refractivity contribution < 1.29 is 9.59 Å². The number of nitrogens with one attached hydrogen (secondary N) is 1. The highest BCUT2D eigenvalue weighted by Gasteiger charge is 2.17. The Kier molecular flexibility index (Phi) is 5.93. The van der Waals surface area contributed by atoms with E-state index in [1.165, 1.54) is 11.3 Å². The number of aryl methyl sites for hydroxylation is 1. The number of carbonyl (C=O) groups excluding carboxylic acids is 2. The summed E-state index contributed by atoms with van der Waals surface area (Å²) in [6, 6.07) is 8.56. The van der Waals surface area contributed by atoms with E-state index < -0.39 is 17.4 Å². The summed E-state index contributed by atoms with van der Waals surface area (Å²) < 4.78 is 3.07. The normalized spacial score (nSPS) is 11.0. The Hall–Kier alpha value is -4.05. The van der Waals surface area contributed by atoms with E-state index in [-0.39, 0.29) is 17.6 Å². The molecule has 0 aliphatic carbocycles. The van der Waals surface area contributed by atoms with Crippen LogP contribution in [-0.4, -0.2) is 31.1 Å². The molecule has 0 spiro atoms. The van der Waals surface area contributed by atoms with Crippen LogP contribution >= 0.6 is 11.3 Å². The van der Waals surface area contributed by atoms with Gasteiger partial charge in [0.05, 0.1) is 11.1 Å². The molecule has 10 heteroatoms. The third-order valence-corrected chi connectivity index (χ3v) is 6.06. The number of nitrogens with zero attached hydrogens (tertiary/aromatic N) is 4. The zero-order valence-corrected chi connectivity index (χ0v) is 19.0. The first-order chi connectivity index (χ1) is 15.8. The number of anilines is 1. The molecule has 0 fully saturated rings. The van der Waals surface area contributed by atoms with E-state index >= 15 is 0 Å². The van der Waals surface area contributed by atoms with Gasteiger partial charge >= 0.3 is 0 Å². The molecule has 3 aromatic heterocycles. The monoisotopic (exact) mass is 462 g/mol. The van der Waals surface area contributed by atoms with Gasteiger partial charge in [-0.2, -0.15) is 5.10 Å². The minimum atomic E-state index is -0.779. The van der Waals surface area contributed by atoms with Crippen LogP contribution in [0.5, 0.6) is 0 Å². The maximum atomic E-state index is 12.8. The summed E-state index contributed by atoms with van der Waals surface area (Å²) in [4.78, 5) is 41.7. The predicted octanol–water partition coefficient (Wildman–Crippen LogP) is 2.86. The zero-order chi connectivity index (χ0) is 23.7. The standard InChI is InChI=1S/C23H22N6O3S/c1-4-9-28-13(2)10-17(14(28)3)18-12-33-23(25-18)26-19(30)11-29-22(32)16-8-6-5-7-15(16)20(27-29)21(24)31/h4-8,10,12H,1,9,11H2,2-3H3,(H2,24,31)(H,25,26,30). The third kappa shape index (κ3) is 4.20. The molecular weight excluding hydrogens is 440 g/mol. The third-order valence-electron chi connectivity index (χ3n) is 5.31. The molecule has 3 heterocycles. The molecule has 1 aromatic carbocycles. The van der Waals surface area contributed by atoms with Crippen molar-refractivity contribution >= 4 is 39.1 Å². The predicted molar refractivity (Wildman–Crippen MR) is 128 cm³/mol. The number of primary amides is 1. The average molecular weight is 463 g/mol. The highest BCUT2D eigenvalue weighted by Crippen LogP contribution is 2.30. The number of fused-ring (bicyclic) bond motifs is 1. The summed E-state index contributed by atoms with van der Waals surface area (Å²) in [5, 5.41) is 9.59. The van der Waals surface area contributed by atoms with E-state index in [1.54, 1.807) is 24.3 Å². The van der Waals surface area contributed by atoms with Crippen molar-refractivity contribution in [3.63, 3.8) is 0 Å². The van der Waals surface area contributed by atoms with Crippen molar-refractivity contribution in [3.05, 3.63) is 75.8 Å². The molecule has 4 rings (SSSR count). The molecule has 0 aliphatic rings. The number of benzene rings is 1. The Morgan fingerprint density at radius 3 is 2.67 bits per heavy atom. The van der Waals surface area contributed by atoms with Gasteiger partial charge in [0.1, 0.15) is 6.54 Å². The molecule has 33 heavy (non-hydrogen) atoms. The Morgan fingerprint density at radius 2 is 1.97 bits per heavy atom. The lowest BCUT2D eigenvalue weighted by Gasteiger charge is -2.09. The first-order valence-corrected chi connectivity index (χ1v) is 11.0. The number of allylic oxidation sites excluding steroid dienone is 1. The van der Waals surface area contributed by atoms with Gasteiger partial charge < -0.3 is 15.6 Å². The molecule has 4 aromatic rings. The lowest BCUT2D eigenvalue weighted by Crippen LogP contribution is -2.32. The average Bonchev–Trinajstić information content (AvgIpc) is 3.35. The van der Waals surface area contributed by atoms with E-state index in [4.69, 9.17) is 5.73 Å². The number of carbonyl (C=O) groups is 2. The fraction of sp³-hybridized carbons (Fsp3) is 0.174. The van der Waals surface area contributed by atoms with Crippen LogP contribution < -0.4 is 16.6 Å². The molecule has 3 N–H and O–H groups in total. The molecule has 168 valence electrons. The van der Waals surface area contributed by atoms with Gasteiger partial charge in [-0.05, 0) is 26.0 Å². The van der Waals surface area contributed by atoms with Crippen LogP contribution in [0.25, 0.3) is 22.0 Å². The molecule has 2 amide bonds. The lowest BCUT2D eigenvalue weighted by atomic mass is 10.1. The second-order valence-electron chi connectivity index (χ2n) is 7.49. The van der Waals surface area contributed by atoms with Gasteiger partial charge in [0.25, 0.3) is 11.5 Å². The SMILES string of the molecule is C=CCn1c(C)cc(-c2csc(NC(=O)Cn3nc(C(N)=O)c4ccccc4c3=O)n2)c1C. The lowest BCUT2D eigenvalue weighted by molar-refractivity contribution is -0.117. The number of nitrogens with two attached hydrogens (primary N) is 1. The van der Waals surface area contributed by atoms with Gasteiger partial charge in [-0.3, -0.25) is 14.4 Å². The van der Waals surface area contributed by atoms with Crippen molar-refractivity contribution in [1.29, 1.82) is 0 Å². The Balaban J connectivity index is 1.57. The number of amides is 2. The number of thiazole rings is 1. The van der Waals surface area contributed by atoms with Crippen LogP contribution in [-0.2, 0) is 17.9 Å². The minimum absolute atomic E-state index is 0.0654. The number of aromatic nitrogens is 4. The van der Waals surface area contributed by atoms with Gasteiger partial charge in [0.15, 0.2) is 10.8 Å². The summed E-state index contributed by atoms with van der Waals surface area (Å²) >= 11 is 1.28. The fourth-order valence-corrected chi connectivity index (χ4v) is 4.47. The summed E-state index contributed by atoms with van der Waals surface area (Å²) in [6.45, 7) is 8.14. The highest BCUT2D eigenvalue weighted by atomic mass is 32.1. The Morgan fingerprint density at radius 1 is 1.24 bits per heavy atom. The molecule has 0 aliphatic heterocycles. The summed E-state index contributed by atoms with van der Waals surface area (Å²) in [6.07, 6.45) is 1.84. The molecule has 0 unspecified atom stereocenters. The van der Waals surface area contributed by atoms with Gasteiger partial charge in [0.2, 0.25) is 5.91 Å². The number of rotatable bonds is 7. The van der Waals surface area contributed by atoms with Crippen molar-refractivity contribution in [2.75, 3.05) is 5.32 Å². The van der Waals surface area contributed by atoms with Crippen molar-refractivity contribution in [2.24, 2.45) is 5.73 Å². The minimum Gasteiger partial charge on any atom is -0.364 e. The second kappa shape index (κ2) is 8.83. The van der Waals surface area contributed by atoms with Crippen LogP contribution in [0.2, 0.25) is 0 Å². The first-order valence-electron chi connectivity index (χ1n) is 10.1. The van der Waals surface area contributed by atoms with Crippen LogP contribution in [0.15, 0.2) is 53.2 Å². The first kappa shape index (κ1) is 22.2. The molecular formula is C23H22N6O3S. The molecule has 9 nitrogen and oxygen atoms in total. The maximum Gasteiger partial charge on any atom is 0.275 e. The fourth-order valence-electron chi connectivity index (χ4n) is 3.74. The van der Waals surface area contributed by atoms with Crippen molar-refractivity contribution in [2.45, 2.75) is 26.9 Å². The van der Waals surface area contributed by atoms with Gasteiger partial charge in [0, 0.05) is 34.3 Å². The number of hydrogen-bond donors (Lipinski definition) is 2. The second-order valence-corrected chi connectivity index (χ2v) is 8.35. The van der Waals surface area contributed by atoms with Gasteiger partial charge in [-0.1, -0.05) is 24.3 Å². The van der Waals surface area contributed by atoms with E-state index in [0.29, 0.717) is 17.1 Å². The van der Waals surface area contributed by atoms with Gasteiger partial charge in [-0.15, -0.1) is 17.9 Å². The highest BCUT2D eigenvalue weighted by molar-refractivity contribution is 7.14. The van der Waals surface area contributed by atoms with E-state index in [9.17, 15) is 14.4 Å². The summed E-state index contributed by atoms with van der Waals surface area (Å²) in [5.41, 5.74) is 8.74. The van der Waals surface area contributed by atoms with E-state index in [0.717, 1.165) is 27.3 Å². The van der Waals surface area contributed by atoms with Crippen LogP contribution in [0.1, 0.15) is 21.9 Å². The Labute approximate surface area is 193 Å². The zero-order valence-electron chi connectivity index (χ0n) is 18.2. The van der Waals surface area contributed by atoms with Crippen LogP contribution in [0.3, 0.4) is 0 Å². The maximum absolute atomic E-state index is 12.8. The number of hydrogen-bond acceptors (Lipinski definition) is 6. The van der Waals surface area contributed by atoms with Crippen molar-refractivity contribution in [3.8, 4) is 11.3 Å². The Bertz CT molecular complexity index is 1460. The van der Waals surface area contributed by atoms with Crippen molar-refractivity contribution in [1.82, 2.24) is 19.3 Å².